The summed E-state index contributed by atoms with van der Waals surface area (Å²) in [4.78, 5) is 36.6. The number of rotatable bonds is 11. The van der Waals surface area contributed by atoms with E-state index in [1.54, 1.807) is 48.5 Å². The van der Waals surface area contributed by atoms with Crippen molar-refractivity contribution < 1.29 is 68.0 Å². The van der Waals surface area contributed by atoms with Crippen molar-refractivity contribution in [3.05, 3.63) is 100 Å². The van der Waals surface area contributed by atoms with Gasteiger partial charge in [0, 0.05) is 18.1 Å². The minimum Gasteiger partial charge on any atom is -0.459 e. The van der Waals surface area contributed by atoms with Crippen molar-refractivity contribution in [2.45, 2.75) is 88.2 Å². The highest BCUT2D eigenvalue weighted by atomic mass is 35.5. The monoisotopic (exact) mass is 757 g/mol. The van der Waals surface area contributed by atoms with E-state index in [1.807, 2.05) is 6.07 Å². The maximum atomic E-state index is 13.1. The number of carbonyl (C=O) groups excluding carboxylic acids is 3. The predicted molar refractivity (Wildman–Crippen MR) is 184 cm³/mol. The largest absolute Gasteiger partial charge is 0.459 e. The molecule has 3 saturated heterocycles. The summed E-state index contributed by atoms with van der Waals surface area (Å²) in [5, 5.41) is 47.6. The van der Waals surface area contributed by atoms with Gasteiger partial charge in [0.05, 0.1) is 29.5 Å². The molecule has 3 heterocycles. The van der Waals surface area contributed by atoms with Crippen LogP contribution in [0.2, 0.25) is 5.02 Å². The third kappa shape index (κ3) is 9.11. The number of ether oxygens (including phenoxy) is 7. The summed E-state index contributed by atoms with van der Waals surface area (Å²) in [5.74, 6) is -1.42. The van der Waals surface area contributed by atoms with Crippen molar-refractivity contribution in [2.75, 3.05) is 18.5 Å². The molecule has 3 aromatic carbocycles. The zero-order valence-corrected chi connectivity index (χ0v) is 29.4. The Balaban J connectivity index is 1.18. The molecular formula is C37H40ClNO14. The van der Waals surface area contributed by atoms with Crippen molar-refractivity contribution in [1.82, 2.24) is 0 Å². The van der Waals surface area contributed by atoms with Gasteiger partial charge in [-0.2, -0.15) is 0 Å². The molecule has 1 amide bonds. The minimum atomic E-state index is -1.76. The van der Waals surface area contributed by atoms with Gasteiger partial charge in [-0.05, 0) is 36.8 Å². The number of ketones is 1. The van der Waals surface area contributed by atoms with Crippen molar-refractivity contribution in [1.29, 1.82) is 0 Å². The van der Waals surface area contributed by atoms with Crippen LogP contribution in [0.4, 0.5) is 5.69 Å². The predicted octanol–water partition coefficient (Wildman–Crippen LogP) is 2.27. The summed E-state index contributed by atoms with van der Waals surface area (Å²) in [5.41, 5.74) is 1.93. The molecule has 0 aliphatic carbocycles. The Labute approximate surface area is 309 Å². The van der Waals surface area contributed by atoms with Gasteiger partial charge < -0.3 is 58.9 Å². The van der Waals surface area contributed by atoms with Crippen LogP contribution in [0.1, 0.15) is 52.0 Å². The molecule has 0 aromatic heterocycles. The number of nitrogens with one attached hydrogen (secondary N) is 1. The van der Waals surface area contributed by atoms with Crippen LogP contribution >= 0.6 is 11.6 Å². The molecule has 3 aliphatic rings. The Morgan fingerprint density at radius 1 is 0.830 bits per heavy atom. The number of amides is 1. The van der Waals surface area contributed by atoms with Crippen molar-refractivity contribution in [3.63, 3.8) is 0 Å². The maximum Gasteiger partial charge on any atom is 0.338 e. The van der Waals surface area contributed by atoms with Gasteiger partial charge in [0.2, 0.25) is 5.91 Å². The fraction of sp³-hybridized carbons (Fsp3) is 0.432. The van der Waals surface area contributed by atoms with Gasteiger partial charge in [0.15, 0.2) is 24.7 Å². The molecule has 16 heteroatoms. The molecule has 3 aromatic rings. The van der Waals surface area contributed by atoms with Crippen LogP contribution in [0.15, 0.2) is 72.8 Å². The third-order valence-electron chi connectivity index (χ3n) is 8.98. The molecule has 3 aliphatic heterocycles. The van der Waals surface area contributed by atoms with E-state index in [4.69, 9.17) is 44.8 Å². The highest BCUT2D eigenvalue weighted by Gasteiger charge is 2.53. The number of hydrogen-bond acceptors (Lipinski definition) is 14. The average molecular weight is 758 g/mol. The molecule has 15 nitrogen and oxygen atoms in total. The second-order valence-electron chi connectivity index (χ2n) is 12.9. The molecule has 11 atom stereocenters. The highest BCUT2D eigenvalue weighted by molar-refractivity contribution is 6.33. The second-order valence-corrected chi connectivity index (χ2v) is 13.3. The summed E-state index contributed by atoms with van der Waals surface area (Å²) in [6.07, 6.45) is -15.3. The van der Waals surface area contributed by atoms with Gasteiger partial charge >= 0.3 is 5.97 Å². The number of aliphatic hydroxyl groups excluding tert-OH is 4. The summed E-state index contributed by atoms with van der Waals surface area (Å²) in [6.45, 7) is 1.93. The average Bonchev–Trinajstić information content (AvgIpc) is 3.15. The maximum absolute atomic E-state index is 13.1. The van der Waals surface area contributed by atoms with Crippen LogP contribution in [-0.2, 0) is 44.6 Å². The third-order valence-corrected chi connectivity index (χ3v) is 9.31. The number of carbonyl (C=O) groups is 3. The van der Waals surface area contributed by atoms with Crippen LogP contribution in [0.5, 0.6) is 0 Å². The number of esters is 1. The van der Waals surface area contributed by atoms with E-state index in [2.05, 4.69) is 5.32 Å². The number of benzene rings is 3. The van der Waals surface area contributed by atoms with E-state index in [-0.39, 0.29) is 41.1 Å². The van der Waals surface area contributed by atoms with Crippen molar-refractivity contribution >= 4 is 34.9 Å². The van der Waals surface area contributed by atoms with Crippen LogP contribution in [0.3, 0.4) is 0 Å². The van der Waals surface area contributed by atoms with Crippen LogP contribution in [0.25, 0.3) is 0 Å². The first-order chi connectivity index (χ1) is 25.4. The summed E-state index contributed by atoms with van der Waals surface area (Å²) in [6, 6.07) is 19.7. The molecule has 0 saturated carbocycles. The highest BCUT2D eigenvalue weighted by Crippen LogP contribution is 2.36. The van der Waals surface area contributed by atoms with E-state index in [0.717, 1.165) is 0 Å². The first-order valence-corrected chi connectivity index (χ1v) is 17.2. The van der Waals surface area contributed by atoms with Gasteiger partial charge in [0.25, 0.3) is 0 Å². The zero-order valence-electron chi connectivity index (χ0n) is 28.6. The van der Waals surface area contributed by atoms with Gasteiger partial charge in [-0.1, -0.05) is 60.1 Å². The Kier molecular flexibility index (Phi) is 12.5. The van der Waals surface area contributed by atoms with E-state index < -0.39 is 80.3 Å². The fourth-order valence-corrected chi connectivity index (χ4v) is 6.37. The molecule has 6 rings (SSSR count). The molecule has 3 fully saturated rings. The number of halogens is 1. The van der Waals surface area contributed by atoms with E-state index in [1.165, 1.54) is 32.0 Å². The Bertz CT molecular complexity index is 1760. The Morgan fingerprint density at radius 3 is 2.30 bits per heavy atom. The van der Waals surface area contributed by atoms with Crippen LogP contribution < -0.4 is 5.32 Å². The molecule has 0 bridgehead atoms. The molecule has 1 unspecified atom stereocenters. The first kappa shape index (κ1) is 38.9. The lowest BCUT2D eigenvalue weighted by Crippen LogP contribution is -2.66. The quantitative estimate of drug-likeness (QED) is 0.141. The summed E-state index contributed by atoms with van der Waals surface area (Å²) >= 11 is 6.18. The van der Waals surface area contributed by atoms with Crippen LogP contribution in [-0.4, -0.2) is 113 Å². The summed E-state index contributed by atoms with van der Waals surface area (Å²) in [7, 11) is 0. The van der Waals surface area contributed by atoms with Crippen molar-refractivity contribution in [2.24, 2.45) is 0 Å². The van der Waals surface area contributed by atoms with Gasteiger partial charge in [0.1, 0.15) is 55.4 Å². The summed E-state index contributed by atoms with van der Waals surface area (Å²) < 4.78 is 41.1. The SMILES string of the molecule is CC(=O)Nc1cc(CO[C@@H]2O[C@H](COC(=O)c3cccc(C(C)=O)c3)[C@@H](O[C@H]3O[C@@H]4COC(c5ccccc5)O[C@H]4[C@@H](O)[C@H]3O)[C@@H](O)[C@H]2O)ccc1Cl. The molecule has 0 spiro atoms. The van der Waals surface area contributed by atoms with E-state index in [0.29, 0.717) is 16.8 Å². The van der Waals surface area contributed by atoms with E-state index in [9.17, 15) is 34.8 Å². The van der Waals surface area contributed by atoms with E-state index >= 15 is 0 Å². The van der Waals surface area contributed by atoms with Crippen LogP contribution in [0, 0.1) is 0 Å². The number of aliphatic hydroxyl groups is 4. The lowest BCUT2D eigenvalue weighted by atomic mass is 9.96. The molecule has 0 radical (unpaired) electrons. The number of hydrogen-bond donors (Lipinski definition) is 5. The number of anilines is 1. The van der Waals surface area contributed by atoms with Gasteiger partial charge in [-0.25, -0.2) is 4.79 Å². The standard InChI is InChI=1S/C37H40ClNO14/c1-18(40)22-9-6-10-23(14-22)34(46)47-16-26-33(28(42)30(44)36(50-26)48-15-20-11-12-24(38)25(13-20)39-19(2)41)53-37-31(45)29(43)32-27(51-37)17-49-35(52-32)21-7-4-3-5-8-21/h3-14,26-33,35-37,42-45H,15-17H2,1-2H3,(H,39,41)/t26-,27-,28+,29+,30-,31-,32-,33-,35?,36-,37-/m1/s1. The Hall–Kier alpha value is -3.84. The number of Topliss-reactive ketones (excluding diaryl/α,β-unsaturated/α-hetero) is 1. The smallest absolute Gasteiger partial charge is 0.338 e. The van der Waals surface area contributed by atoms with Gasteiger partial charge in [-0.3, -0.25) is 9.59 Å². The lowest BCUT2D eigenvalue weighted by Gasteiger charge is -2.48. The van der Waals surface area contributed by atoms with Gasteiger partial charge in [-0.15, -0.1) is 0 Å². The molecule has 284 valence electrons. The normalized spacial score (nSPS) is 31.3. The van der Waals surface area contributed by atoms with Crippen molar-refractivity contribution in [3.8, 4) is 0 Å². The molecule has 5 N–H and O–H groups in total. The topological polar surface area (TPSA) is 209 Å². The Morgan fingerprint density at radius 2 is 1.57 bits per heavy atom. The fourth-order valence-electron chi connectivity index (χ4n) is 6.20. The zero-order chi connectivity index (χ0) is 37.8. The molecule has 53 heavy (non-hydrogen) atoms. The molecular weight excluding hydrogens is 718 g/mol. The number of fused-ring (bicyclic) bond motifs is 1. The minimum absolute atomic E-state index is 0.0369. The first-order valence-electron chi connectivity index (χ1n) is 16.9. The second kappa shape index (κ2) is 17.1. The lowest BCUT2D eigenvalue weighted by molar-refractivity contribution is -0.386.